The lowest BCUT2D eigenvalue weighted by Crippen LogP contribution is -2.13. The summed E-state index contributed by atoms with van der Waals surface area (Å²) in [4.78, 5) is 0. The Morgan fingerprint density at radius 3 is 1.91 bits per heavy atom. The number of phenolic OH excluding ortho intramolecular Hbond substituents is 1. The summed E-state index contributed by atoms with van der Waals surface area (Å²) in [6, 6.07) is 26.9. The van der Waals surface area contributed by atoms with Crippen LogP contribution in [0.25, 0.3) is 0 Å². The predicted molar refractivity (Wildman–Crippen MR) is 132 cm³/mol. The minimum Gasteiger partial charge on any atom is -0.508 e. The molecule has 170 valence electrons. The Balaban J connectivity index is 1.79. The molecule has 0 spiro atoms. The fourth-order valence-corrected chi connectivity index (χ4v) is 4.40. The highest BCUT2D eigenvalue weighted by Gasteiger charge is 2.22. The molecule has 3 nitrogen and oxygen atoms in total. The SMILES string of the molecule is CCC(CC(CC(C)c1ccccc1)c1ccc(O)cc1)c1ccc(OC(C)OC)cc1. The van der Waals surface area contributed by atoms with E-state index in [1.807, 2.05) is 19.1 Å². The second-order valence-corrected chi connectivity index (χ2v) is 8.67. The third kappa shape index (κ3) is 6.61. The van der Waals surface area contributed by atoms with Gasteiger partial charge in [-0.3, -0.25) is 0 Å². The van der Waals surface area contributed by atoms with Gasteiger partial charge in [-0.05, 0) is 84.9 Å². The Morgan fingerprint density at radius 1 is 0.719 bits per heavy atom. The van der Waals surface area contributed by atoms with Crippen LogP contribution in [-0.2, 0) is 4.74 Å². The van der Waals surface area contributed by atoms with Crippen LogP contribution in [0, 0.1) is 0 Å². The van der Waals surface area contributed by atoms with Crippen LogP contribution in [0.5, 0.6) is 11.5 Å². The summed E-state index contributed by atoms with van der Waals surface area (Å²) in [6.45, 7) is 6.46. The standard InChI is InChI=1S/C29H36O3/c1-5-23(25-13-17-29(18-14-25)32-22(3)31-4)20-27(26-11-15-28(30)16-12-26)19-21(2)24-9-7-6-8-10-24/h6-18,21-23,27,30H,5,19-20H2,1-4H3. The van der Waals surface area contributed by atoms with E-state index in [1.165, 1.54) is 16.7 Å². The fraction of sp³-hybridized carbons (Fsp3) is 0.379. The first kappa shape index (κ1) is 23.9. The summed E-state index contributed by atoms with van der Waals surface area (Å²) in [6.07, 6.45) is 2.94. The van der Waals surface area contributed by atoms with Gasteiger partial charge in [0.15, 0.2) is 6.29 Å². The Hall–Kier alpha value is -2.78. The van der Waals surface area contributed by atoms with Gasteiger partial charge in [-0.1, -0.05) is 68.4 Å². The minimum absolute atomic E-state index is 0.263. The Bertz CT molecular complexity index is 919. The van der Waals surface area contributed by atoms with Crippen molar-refractivity contribution < 1.29 is 14.6 Å². The van der Waals surface area contributed by atoms with Gasteiger partial charge in [0, 0.05) is 7.11 Å². The highest BCUT2D eigenvalue weighted by molar-refractivity contribution is 5.32. The molecule has 4 unspecified atom stereocenters. The van der Waals surface area contributed by atoms with Crippen molar-refractivity contribution >= 4 is 0 Å². The van der Waals surface area contributed by atoms with E-state index in [-0.39, 0.29) is 6.29 Å². The van der Waals surface area contributed by atoms with Crippen LogP contribution in [0.15, 0.2) is 78.9 Å². The van der Waals surface area contributed by atoms with Gasteiger partial charge in [-0.15, -0.1) is 0 Å². The van der Waals surface area contributed by atoms with E-state index in [0.29, 0.717) is 23.5 Å². The van der Waals surface area contributed by atoms with Crippen molar-refractivity contribution in [2.24, 2.45) is 0 Å². The van der Waals surface area contributed by atoms with Gasteiger partial charge in [0.2, 0.25) is 0 Å². The summed E-state index contributed by atoms with van der Waals surface area (Å²) < 4.78 is 10.9. The Kier molecular flexibility index (Phi) is 8.75. The molecule has 3 heteroatoms. The number of phenols is 1. The third-order valence-corrected chi connectivity index (χ3v) is 6.42. The predicted octanol–water partition coefficient (Wildman–Crippen LogP) is 7.62. The van der Waals surface area contributed by atoms with E-state index < -0.39 is 0 Å². The van der Waals surface area contributed by atoms with Crippen molar-refractivity contribution in [3.05, 3.63) is 95.6 Å². The van der Waals surface area contributed by atoms with Crippen LogP contribution in [0.1, 0.15) is 74.5 Å². The first-order chi connectivity index (χ1) is 15.5. The third-order valence-electron chi connectivity index (χ3n) is 6.42. The molecule has 0 aliphatic rings. The molecule has 1 N–H and O–H groups in total. The molecule has 0 bridgehead atoms. The van der Waals surface area contributed by atoms with Crippen molar-refractivity contribution in [2.75, 3.05) is 7.11 Å². The first-order valence-electron chi connectivity index (χ1n) is 11.6. The molecule has 0 saturated heterocycles. The normalized spacial score (nSPS) is 15.0. The monoisotopic (exact) mass is 432 g/mol. The van der Waals surface area contributed by atoms with Crippen LogP contribution in [0.4, 0.5) is 0 Å². The summed E-state index contributed by atoms with van der Waals surface area (Å²) in [5.74, 6) is 2.45. The average molecular weight is 433 g/mol. The van der Waals surface area contributed by atoms with E-state index in [9.17, 15) is 5.11 Å². The average Bonchev–Trinajstić information content (AvgIpc) is 2.83. The maximum Gasteiger partial charge on any atom is 0.196 e. The highest BCUT2D eigenvalue weighted by atomic mass is 16.7. The summed E-state index contributed by atoms with van der Waals surface area (Å²) in [5, 5.41) is 9.79. The minimum atomic E-state index is -0.263. The van der Waals surface area contributed by atoms with Gasteiger partial charge in [-0.25, -0.2) is 0 Å². The summed E-state index contributed by atoms with van der Waals surface area (Å²) in [5.41, 5.74) is 4.00. The van der Waals surface area contributed by atoms with Crippen molar-refractivity contribution in [1.82, 2.24) is 0 Å². The number of benzene rings is 3. The largest absolute Gasteiger partial charge is 0.508 e. The zero-order chi connectivity index (χ0) is 22.9. The molecule has 0 aliphatic heterocycles. The van der Waals surface area contributed by atoms with Gasteiger partial charge in [-0.2, -0.15) is 0 Å². The molecule has 3 aromatic rings. The molecule has 0 fully saturated rings. The van der Waals surface area contributed by atoms with Gasteiger partial charge in [0.05, 0.1) is 0 Å². The molecule has 0 saturated carbocycles. The lowest BCUT2D eigenvalue weighted by Gasteiger charge is -2.27. The van der Waals surface area contributed by atoms with Crippen LogP contribution in [0.2, 0.25) is 0 Å². The van der Waals surface area contributed by atoms with Crippen molar-refractivity contribution in [2.45, 2.75) is 64.1 Å². The molecular weight excluding hydrogens is 396 g/mol. The fourth-order valence-electron chi connectivity index (χ4n) is 4.40. The number of methoxy groups -OCH3 is 1. The molecule has 0 amide bonds. The zero-order valence-electron chi connectivity index (χ0n) is 19.7. The highest BCUT2D eigenvalue weighted by Crippen LogP contribution is 2.39. The van der Waals surface area contributed by atoms with E-state index in [2.05, 4.69) is 68.4 Å². The number of hydrogen-bond acceptors (Lipinski definition) is 3. The van der Waals surface area contributed by atoms with Crippen molar-refractivity contribution in [3.63, 3.8) is 0 Å². The van der Waals surface area contributed by atoms with Crippen LogP contribution >= 0.6 is 0 Å². The number of hydrogen-bond donors (Lipinski definition) is 1. The van der Waals surface area contributed by atoms with Crippen LogP contribution in [0.3, 0.4) is 0 Å². The molecule has 0 heterocycles. The van der Waals surface area contributed by atoms with E-state index in [4.69, 9.17) is 9.47 Å². The number of aromatic hydroxyl groups is 1. The maximum atomic E-state index is 9.79. The summed E-state index contributed by atoms with van der Waals surface area (Å²) in [7, 11) is 1.64. The van der Waals surface area contributed by atoms with Crippen LogP contribution in [-0.4, -0.2) is 18.5 Å². The van der Waals surface area contributed by atoms with Gasteiger partial charge >= 0.3 is 0 Å². The van der Waals surface area contributed by atoms with E-state index >= 15 is 0 Å². The molecule has 0 radical (unpaired) electrons. The van der Waals surface area contributed by atoms with Crippen molar-refractivity contribution in [1.29, 1.82) is 0 Å². The smallest absolute Gasteiger partial charge is 0.196 e. The van der Waals surface area contributed by atoms with Gasteiger partial charge in [0.25, 0.3) is 0 Å². The topological polar surface area (TPSA) is 38.7 Å². The second kappa shape index (κ2) is 11.7. The zero-order valence-corrected chi connectivity index (χ0v) is 19.7. The van der Waals surface area contributed by atoms with Gasteiger partial charge < -0.3 is 14.6 Å². The maximum absolute atomic E-state index is 9.79. The van der Waals surface area contributed by atoms with E-state index in [1.54, 1.807) is 19.2 Å². The lowest BCUT2D eigenvalue weighted by atomic mass is 9.78. The molecule has 3 rings (SSSR count). The quantitative estimate of drug-likeness (QED) is 0.317. The molecule has 32 heavy (non-hydrogen) atoms. The Labute approximate surface area is 193 Å². The molecule has 3 aromatic carbocycles. The van der Waals surface area contributed by atoms with E-state index in [0.717, 1.165) is 25.0 Å². The molecule has 0 aromatic heterocycles. The number of ether oxygens (including phenoxy) is 2. The molecular formula is C29H36O3. The molecule has 4 atom stereocenters. The van der Waals surface area contributed by atoms with Crippen LogP contribution < -0.4 is 4.74 Å². The molecule has 0 aliphatic carbocycles. The Morgan fingerprint density at radius 2 is 1.31 bits per heavy atom. The number of rotatable bonds is 11. The first-order valence-corrected chi connectivity index (χ1v) is 11.6. The van der Waals surface area contributed by atoms with Crippen molar-refractivity contribution in [3.8, 4) is 11.5 Å². The lowest BCUT2D eigenvalue weighted by molar-refractivity contribution is -0.0382. The van der Waals surface area contributed by atoms with Gasteiger partial charge in [0.1, 0.15) is 11.5 Å². The second-order valence-electron chi connectivity index (χ2n) is 8.67. The summed E-state index contributed by atoms with van der Waals surface area (Å²) >= 11 is 0.